The highest BCUT2D eigenvalue weighted by Crippen LogP contribution is 2.37. The number of nitrogens with zero attached hydrogens (tertiary/aromatic N) is 3. The normalized spacial score (nSPS) is 24.2. The van der Waals surface area contributed by atoms with E-state index in [4.69, 9.17) is 0 Å². The summed E-state index contributed by atoms with van der Waals surface area (Å²) in [5.41, 5.74) is -0.605. The van der Waals surface area contributed by atoms with Gasteiger partial charge in [0.15, 0.2) is 0 Å². The number of rotatable bonds is 4. The van der Waals surface area contributed by atoms with Gasteiger partial charge in [0.25, 0.3) is 0 Å². The van der Waals surface area contributed by atoms with Gasteiger partial charge in [-0.05, 0) is 26.2 Å². The summed E-state index contributed by atoms with van der Waals surface area (Å²) in [6, 6.07) is 0. The Balaban J connectivity index is 2.18. The largest absolute Gasteiger partial charge is 0.481 e. The standard InChI is InChI=1S/C12H19N3O2S/c1-3-5-12(10(16)17)6-4-7-15(8-12)11-14-13-9(2)18-11/h3-8H2,1-2H3,(H,16,17). The number of piperidine rings is 1. The molecule has 18 heavy (non-hydrogen) atoms. The minimum Gasteiger partial charge on any atom is -0.481 e. The van der Waals surface area contributed by atoms with E-state index in [1.165, 1.54) is 11.3 Å². The van der Waals surface area contributed by atoms with Crippen molar-refractivity contribution in [2.24, 2.45) is 5.41 Å². The Labute approximate surface area is 111 Å². The van der Waals surface area contributed by atoms with Crippen LogP contribution in [0.2, 0.25) is 0 Å². The van der Waals surface area contributed by atoms with E-state index in [0.717, 1.165) is 42.4 Å². The van der Waals surface area contributed by atoms with Crippen molar-refractivity contribution in [2.75, 3.05) is 18.0 Å². The molecular weight excluding hydrogens is 250 g/mol. The molecule has 1 N–H and O–H groups in total. The van der Waals surface area contributed by atoms with E-state index in [-0.39, 0.29) is 0 Å². The van der Waals surface area contributed by atoms with Crippen LogP contribution < -0.4 is 4.90 Å². The molecule has 2 heterocycles. The van der Waals surface area contributed by atoms with Crippen LogP contribution >= 0.6 is 11.3 Å². The van der Waals surface area contributed by atoms with Crippen LogP contribution in [0.15, 0.2) is 0 Å². The Morgan fingerprint density at radius 3 is 2.89 bits per heavy atom. The molecule has 1 aromatic heterocycles. The van der Waals surface area contributed by atoms with E-state index in [9.17, 15) is 9.90 Å². The number of aryl methyl sites for hydroxylation is 1. The summed E-state index contributed by atoms with van der Waals surface area (Å²) in [6.45, 7) is 5.40. The average molecular weight is 269 g/mol. The number of hydrogen-bond donors (Lipinski definition) is 1. The van der Waals surface area contributed by atoms with Gasteiger partial charge in [-0.15, -0.1) is 10.2 Å². The first kappa shape index (κ1) is 13.3. The predicted octanol–water partition coefficient (Wildman–Crippen LogP) is 2.32. The minimum atomic E-state index is -0.671. The van der Waals surface area contributed by atoms with Gasteiger partial charge in [0.2, 0.25) is 5.13 Å². The van der Waals surface area contributed by atoms with Crippen LogP contribution in [-0.2, 0) is 4.79 Å². The van der Waals surface area contributed by atoms with Crippen LogP contribution in [0.3, 0.4) is 0 Å². The zero-order valence-corrected chi connectivity index (χ0v) is 11.7. The van der Waals surface area contributed by atoms with Crippen molar-refractivity contribution in [3.63, 3.8) is 0 Å². The summed E-state index contributed by atoms with van der Waals surface area (Å²) in [7, 11) is 0. The van der Waals surface area contributed by atoms with E-state index in [2.05, 4.69) is 15.1 Å². The second kappa shape index (κ2) is 5.22. The molecule has 1 atom stereocenters. The highest BCUT2D eigenvalue weighted by Gasteiger charge is 2.42. The Kier molecular flexibility index (Phi) is 3.85. The topological polar surface area (TPSA) is 66.3 Å². The Morgan fingerprint density at radius 2 is 2.33 bits per heavy atom. The monoisotopic (exact) mass is 269 g/mol. The molecule has 1 aromatic rings. The summed E-state index contributed by atoms with van der Waals surface area (Å²) in [4.78, 5) is 13.7. The van der Waals surface area contributed by atoms with Crippen LogP contribution in [0.5, 0.6) is 0 Å². The van der Waals surface area contributed by atoms with Crippen molar-refractivity contribution in [2.45, 2.75) is 39.5 Å². The third-order valence-corrected chi connectivity index (χ3v) is 4.44. The summed E-state index contributed by atoms with van der Waals surface area (Å²) in [5.74, 6) is -0.671. The third-order valence-electron chi connectivity index (χ3n) is 3.55. The Morgan fingerprint density at radius 1 is 1.56 bits per heavy atom. The molecule has 0 spiro atoms. The molecule has 0 aliphatic carbocycles. The van der Waals surface area contributed by atoms with E-state index >= 15 is 0 Å². The summed E-state index contributed by atoms with van der Waals surface area (Å²) < 4.78 is 0. The van der Waals surface area contributed by atoms with E-state index in [0.29, 0.717) is 6.54 Å². The van der Waals surface area contributed by atoms with Gasteiger partial charge in [-0.25, -0.2) is 0 Å². The van der Waals surface area contributed by atoms with Crippen LogP contribution in [0.4, 0.5) is 5.13 Å². The lowest BCUT2D eigenvalue weighted by Crippen LogP contribution is -2.48. The average Bonchev–Trinajstić information content (AvgIpc) is 2.76. The van der Waals surface area contributed by atoms with Crippen molar-refractivity contribution in [1.82, 2.24) is 10.2 Å². The summed E-state index contributed by atoms with van der Waals surface area (Å²) in [6.07, 6.45) is 3.31. The molecule has 0 radical (unpaired) electrons. The van der Waals surface area contributed by atoms with Gasteiger partial charge >= 0.3 is 5.97 Å². The molecule has 100 valence electrons. The van der Waals surface area contributed by atoms with Crippen LogP contribution in [0.25, 0.3) is 0 Å². The van der Waals surface area contributed by atoms with Gasteiger partial charge in [0.05, 0.1) is 5.41 Å². The van der Waals surface area contributed by atoms with Crippen molar-refractivity contribution >= 4 is 22.4 Å². The number of aromatic nitrogens is 2. The van der Waals surface area contributed by atoms with Gasteiger partial charge in [-0.2, -0.15) is 0 Å². The van der Waals surface area contributed by atoms with Gasteiger partial charge in [0.1, 0.15) is 5.01 Å². The minimum absolute atomic E-state index is 0.560. The first-order valence-electron chi connectivity index (χ1n) is 6.36. The van der Waals surface area contributed by atoms with Gasteiger partial charge in [0, 0.05) is 13.1 Å². The molecule has 0 amide bonds. The number of aliphatic carboxylic acids is 1. The maximum Gasteiger partial charge on any atom is 0.311 e. The molecule has 1 saturated heterocycles. The van der Waals surface area contributed by atoms with Crippen molar-refractivity contribution in [3.8, 4) is 0 Å². The number of hydrogen-bond acceptors (Lipinski definition) is 5. The molecule has 2 rings (SSSR count). The van der Waals surface area contributed by atoms with E-state index < -0.39 is 11.4 Å². The molecule has 6 heteroatoms. The van der Waals surface area contributed by atoms with Gasteiger partial charge in [-0.1, -0.05) is 24.7 Å². The molecule has 0 bridgehead atoms. The van der Waals surface area contributed by atoms with Crippen LogP contribution in [0, 0.1) is 12.3 Å². The summed E-state index contributed by atoms with van der Waals surface area (Å²) in [5, 5.41) is 19.4. The molecule has 0 aromatic carbocycles. The number of carboxylic acid groups (broad SMARTS) is 1. The lowest BCUT2D eigenvalue weighted by molar-refractivity contribution is -0.150. The Bertz CT molecular complexity index is 431. The fraction of sp³-hybridized carbons (Fsp3) is 0.750. The van der Waals surface area contributed by atoms with E-state index in [1.807, 2.05) is 13.8 Å². The lowest BCUT2D eigenvalue weighted by atomic mass is 9.76. The maximum atomic E-state index is 11.6. The lowest BCUT2D eigenvalue weighted by Gasteiger charge is -2.39. The quantitative estimate of drug-likeness (QED) is 0.908. The number of anilines is 1. The molecule has 1 unspecified atom stereocenters. The van der Waals surface area contributed by atoms with Crippen molar-refractivity contribution < 1.29 is 9.90 Å². The van der Waals surface area contributed by atoms with Gasteiger partial charge in [-0.3, -0.25) is 4.79 Å². The first-order valence-corrected chi connectivity index (χ1v) is 7.17. The second-order valence-corrected chi connectivity index (χ2v) is 6.12. The summed E-state index contributed by atoms with van der Waals surface area (Å²) >= 11 is 1.54. The van der Waals surface area contributed by atoms with Crippen LogP contribution in [-0.4, -0.2) is 34.4 Å². The highest BCUT2D eigenvalue weighted by molar-refractivity contribution is 7.15. The fourth-order valence-corrected chi connectivity index (χ4v) is 3.39. The fourth-order valence-electron chi connectivity index (χ4n) is 2.67. The zero-order chi connectivity index (χ0) is 13.2. The molecule has 1 aliphatic heterocycles. The Hall–Kier alpha value is -1.17. The molecule has 5 nitrogen and oxygen atoms in total. The molecule has 1 aliphatic rings. The van der Waals surface area contributed by atoms with Crippen molar-refractivity contribution in [1.29, 1.82) is 0 Å². The van der Waals surface area contributed by atoms with Gasteiger partial charge < -0.3 is 10.0 Å². The van der Waals surface area contributed by atoms with E-state index in [1.54, 1.807) is 0 Å². The molecule has 1 fully saturated rings. The zero-order valence-electron chi connectivity index (χ0n) is 10.8. The second-order valence-electron chi connectivity index (χ2n) is 4.96. The van der Waals surface area contributed by atoms with Crippen molar-refractivity contribution in [3.05, 3.63) is 5.01 Å². The number of carbonyl (C=O) groups is 1. The highest BCUT2D eigenvalue weighted by atomic mass is 32.1. The smallest absolute Gasteiger partial charge is 0.311 e. The third kappa shape index (κ3) is 2.48. The maximum absolute atomic E-state index is 11.6. The predicted molar refractivity (Wildman–Crippen MR) is 71.1 cm³/mol. The molecule has 0 saturated carbocycles. The SMILES string of the molecule is CCCC1(C(=O)O)CCCN(c2nnc(C)s2)C1. The van der Waals surface area contributed by atoms with Crippen LogP contribution in [0.1, 0.15) is 37.6 Å². The number of carboxylic acids is 1. The molecular formula is C12H19N3O2S. The first-order chi connectivity index (χ1) is 8.57.